The number of carbonyl (C=O) groups is 1. The lowest BCUT2D eigenvalue weighted by molar-refractivity contribution is -0.120. The van der Waals surface area contributed by atoms with Crippen LogP contribution in [0.2, 0.25) is 0 Å². The second kappa shape index (κ2) is 9.18. The minimum absolute atomic E-state index is 0.000207. The topological polar surface area (TPSA) is 112 Å². The van der Waals surface area contributed by atoms with Crippen LogP contribution in [0.3, 0.4) is 0 Å². The highest BCUT2D eigenvalue weighted by atomic mass is 19.1. The number of anilines is 1. The predicted octanol–water partition coefficient (Wildman–Crippen LogP) is 1.46. The molecule has 3 N–H and O–H groups in total. The van der Waals surface area contributed by atoms with Crippen LogP contribution < -0.4 is 21.5 Å². The molecule has 1 aliphatic heterocycles. The van der Waals surface area contributed by atoms with E-state index < -0.39 is 12.2 Å². The van der Waals surface area contributed by atoms with Gasteiger partial charge in [0, 0.05) is 39.6 Å². The van der Waals surface area contributed by atoms with Gasteiger partial charge in [0.15, 0.2) is 5.84 Å². The summed E-state index contributed by atoms with van der Waals surface area (Å²) in [5.41, 5.74) is 0.297. The smallest absolute Gasteiger partial charge is 0.274 e. The van der Waals surface area contributed by atoms with Crippen molar-refractivity contribution < 1.29 is 13.9 Å². The average molecular weight is 458 g/mol. The fourth-order valence-corrected chi connectivity index (χ4v) is 3.90. The van der Waals surface area contributed by atoms with Gasteiger partial charge in [0.25, 0.3) is 11.5 Å². The van der Waals surface area contributed by atoms with Gasteiger partial charge in [0.05, 0.1) is 23.8 Å². The van der Waals surface area contributed by atoms with Gasteiger partial charge in [-0.3, -0.25) is 14.6 Å². The first kappa shape index (κ1) is 22.7. The van der Waals surface area contributed by atoms with E-state index in [-0.39, 0.29) is 29.3 Å². The van der Waals surface area contributed by atoms with Crippen LogP contribution in [0.15, 0.2) is 56.5 Å². The number of hydrazone groups is 1. The standard InChI is InChI=1S/C22H28FN7O3/c1-12(21(31)27-14-7-8-17(14)33-4)20-28-18(11-19(24-2)30(20)25-3)26-15-6-5-9-29(22(15)32)16-10-13(16)23/h5-6,9,11,13-14,16-17,26,28H,3,7-8,10H2,1-2,4H3,(H,27,31)/b20-12+,24-19?/t13-,14-,16-,17-/m1/s1. The molecule has 0 unspecified atom stereocenters. The Bertz CT molecular complexity index is 1110. The van der Waals surface area contributed by atoms with E-state index in [1.165, 1.54) is 9.58 Å². The van der Waals surface area contributed by atoms with Crippen molar-refractivity contribution in [3.63, 3.8) is 0 Å². The molecule has 176 valence electrons. The first-order valence-corrected chi connectivity index (χ1v) is 10.8. The highest BCUT2D eigenvalue weighted by Gasteiger charge is 2.40. The lowest BCUT2D eigenvalue weighted by Gasteiger charge is -2.36. The molecule has 1 aromatic heterocycles. The SMILES string of the molecule is C=NN1C(=NC)C=C(Nc2cccn([C@@H]3C[C@H]3F)c2=O)N/C1=C(/C)C(=O)N[C@@H]1CC[C@H]1OC. The summed E-state index contributed by atoms with van der Waals surface area (Å²) in [5.74, 6) is 0.899. The van der Waals surface area contributed by atoms with Gasteiger partial charge in [-0.1, -0.05) is 0 Å². The number of alkyl halides is 1. The largest absolute Gasteiger partial charge is 0.379 e. The third-order valence-electron chi connectivity index (χ3n) is 6.13. The second-order valence-corrected chi connectivity index (χ2v) is 8.20. The van der Waals surface area contributed by atoms with Gasteiger partial charge in [-0.2, -0.15) is 10.1 Å². The van der Waals surface area contributed by atoms with Crippen LogP contribution in [0, 0.1) is 0 Å². The number of carbonyl (C=O) groups excluding carboxylic acids is 1. The highest BCUT2D eigenvalue weighted by molar-refractivity contribution is 5.99. The van der Waals surface area contributed by atoms with E-state index >= 15 is 0 Å². The molecule has 0 aromatic carbocycles. The summed E-state index contributed by atoms with van der Waals surface area (Å²) >= 11 is 0. The van der Waals surface area contributed by atoms with Gasteiger partial charge in [-0.25, -0.2) is 4.39 Å². The summed E-state index contributed by atoms with van der Waals surface area (Å²) in [6.45, 7) is 5.25. The molecule has 1 amide bonds. The van der Waals surface area contributed by atoms with Crippen molar-refractivity contribution in [2.75, 3.05) is 19.5 Å². The zero-order chi connectivity index (χ0) is 23.7. The quantitative estimate of drug-likeness (QED) is 0.422. The number of amidine groups is 1. The number of rotatable bonds is 7. The minimum Gasteiger partial charge on any atom is -0.379 e. The number of amides is 1. The van der Waals surface area contributed by atoms with Gasteiger partial charge in [-0.15, -0.1) is 0 Å². The summed E-state index contributed by atoms with van der Waals surface area (Å²) < 4.78 is 20.2. The lowest BCUT2D eigenvalue weighted by atomic mass is 9.89. The number of ether oxygens (including phenoxy) is 1. The van der Waals surface area contributed by atoms with E-state index in [1.807, 2.05) is 0 Å². The molecule has 2 fully saturated rings. The second-order valence-electron chi connectivity index (χ2n) is 8.20. The third kappa shape index (κ3) is 4.40. The number of methoxy groups -OCH3 is 1. The Morgan fingerprint density at radius 1 is 1.39 bits per heavy atom. The first-order valence-electron chi connectivity index (χ1n) is 10.8. The van der Waals surface area contributed by atoms with Gasteiger partial charge in [0.1, 0.15) is 23.5 Å². The van der Waals surface area contributed by atoms with Crippen molar-refractivity contribution in [1.29, 1.82) is 0 Å². The van der Waals surface area contributed by atoms with E-state index in [1.54, 1.807) is 45.5 Å². The van der Waals surface area contributed by atoms with Crippen molar-refractivity contribution in [3.05, 3.63) is 52.0 Å². The molecular weight excluding hydrogens is 429 g/mol. The van der Waals surface area contributed by atoms with Crippen LogP contribution in [0.5, 0.6) is 0 Å². The molecule has 0 saturated heterocycles. The maximum atomic E-state index is 13.5. The monoisotopic (exact) mass is 457 g/mol. The summed E-state index contributed by atoms with van der Waals surface area (Å²) in [4.78, 5) is 29.9. The first-order chi connectivity index (χ1) is 15.9. The molecule has 1 aromatic rings. The highest BCUT2D eigenvalue weighted by Crippen LogP contribution is 2.37. The molecule has 0 bridgehead atoms. The van der Waals surface area contributed by atoms with Gasteiger partial charge in [-0.05, 0) is 31.9 Å². The molecular formula is C22H28FN7O3. The Morgan fingerprint density at radius 3 is 2.73 bits per heavy atom. The Labute approximate surface area is 190 Å². The molecule has 2 heterocycles. The molecule has 33 heavy (non-hydrogen) atoms. The van der Waals surface area contributed by atoms with Crippen molar-refractivity contribution >= 4 is 24.1 Å². The van der Waals surface area contributed by atoms with Gasteiger partial charge in [0.2, 0.25) is 0 Å². The molecule has 3 aliphatic rings. The molecule has 2 saturated carbocycles. The molecule has 2 aliphatic carbocycles. The lowest BCUT2D eigenvalue weighted by Crippen LogP contribution is -2.52. The number of nitrogens with one attached hydrogen (secondary N) is 3. The van der Waals surface area contributed by atoms with Crippen molar-refractivity contribution in [3.8, 4) is 0 Å². The molecule has 11 heteroatoms. The molecule has 4 rings (SSSR count). The molecule has 0 radical (unpaired) electrons. The van der Waals surface area contributed by atoms with Crippen molar-refractivity contribution in [1.82, 2.24) is 20.2 Å². The van der Waals surface area contributed by atoms with Crippen LogP contribution in [-0.2, 0) is 9.53 Å². The summed E-state index contributed by atoms with van der Waals surface area (Å²) in [6.07, 6.45) is 4.30. The predicted molar refractivity (Wildman–Crippen MR) is 124 cm³/mol. The molecule has 10 nitrogen and oxygen atoms in total. The van der Waals surface area contributed by atoms with E-state index in [2.05, 4.69) is 32.8 Å². The minimum atomic E-state index is -1.000. The molecule has 0 spiro atoms. The zero-order valence-electron chi connectivity index (χ0n) is 18.8. The number of pyridine rings is 1. The van der Waals surface area contributed by atoms with Crippen LogP contribution >= 0.6 is 0 Å². The number of hydrogen-bond donors (Lipinski definition) is 3. The molecule has 4 atom stereocenters. The van der Waals surface area contributed by atoms with Crippen LogP contribution in [0.4, 0.5) is 10.1 Å². The Morgan fingerprint density at radius 2 is 2.15 bits per heavy atom. The Hall–Kier alpha value is -3.47. The number of nitrogens with zero attached hydrogens (tertiary/aromatic N) is 4. The van der Waals surface area contributed by atoms with E-state index in [4.69, 9.17) is 4.74 Å². The normalized spacial score (nSPS) is 28.9. The van der Waals surface area contributed by atoms with E-state index in [0.717, 1.165) is 12.8 Å². The van der Waals surface area contributed by atoms with Crippen LogP contribution in [0.25, 0.3) is 0 Å². The fraction of sp³-hybridized carbons (Fsp3) is 0.455. The zero-order valence-corrected chi connectivity index (χ0v) is 18.8. The van der Waals surface area contributed by atoms with Crippen LogP contribution in [-0.4, -0.2) is 60.5 Å². The van der Waals surface area contributed by atoms with Crippen LogP contribution in [0.1, 0.15) is 32.2 Å². The Balaban J connectivity index is 1.60. The third-order valence-corrected chi connectivity index (χ3v) is 6.13. The van der Waals surface area contributed by atoms with Gasteiger partial charge < -0.3 is 25.3 Å². The summed E-state index contributed by atoms with van der Waals surface area (Å²) in [6, 6.07) is 2.82. The summed E-state index contributed by atoms with van der Waals surface area (Å²) in [5, 5.41) is 14.5. The number of hydrogen-bond acceptors (Lipinski definition) is 7. The number of halogens is 1. The van der Waals surface area contributed by atoms with Crippen molar-refractivity contribution in [2.45, 2.75) is 50.5 Å². The van der Waals surface area contributed by atoms with Crippen molar-refractivity contribution in [2.24, 2.45) is 10.1 Å². The van der Waals surface area contributed by atoms with E-state index in [9.17, 15) is 14.0 Å². The maximum absolute atomic E-state index is 13.5. The summed E-state index contributed by atoms with van der Waals surface area (Å²) in [7, 11) is 3.21. The van der Waals surface area contributed by atoms with E-state index in [0.29, 0.717) is 29.5 Å². The number of aromatic nitrogens is 1. The Kier molecular flexibility index (Phi) is 6.32. The number of aliphatic imine (C=N–C) groups is 1. The average Bonchev–Trinajstić information content (AvgIpc) is 3.53. The fourth-order valence-electron chi connectivity index (χ4n) is 3.90. The van der Waals surface area contributed by atoms with Gasteiger partial charge >= 0.3 is 0 Å². The maximum Gasteiger partial charge on any atom is 0.274 e.